The average molecular weight is 874 g/mol. The second-order valence-corrected chi connectivity index (χ2v) is 15.7. The van der Waals surface area contributed by atoms with Crippen molar-refractivity contribution >= 4 is 25.7 Å². The van der Waals surface area contributed by atoms with Crippen molar-refractivity contribution in [3.63, 3.8) is 0 Å². The van der Waals surface area contributed by atoms with E-state index in [1.807, 2.05) is 30.4 Å². The molecular formula is C48H76NO11P. The number of aliphatic hydroxyl groups excluding tert-OH is 1. The SMILES string of the molecule is CC/C=C\C/C=C\C/C=C\C/C=C\C/C=C\C/C=C\CCC(=O)O[C@H](COC(=O)CCCC(O)/C=C/C=C/C/C=C/CCCCCCCC)COP(=O)(O)OC[C@H](N)C(=O)O. The van der Waals surface area contributed by atoms with Crippen molar-refractivity contribution in [1.82, 2.24) is 0 Å². The lowest BCUT2D eigenvalue weighted by Crippen LogP contribution is -2.34. The molecule has 4 atom stereocenters. The molecule has 0 aromatic carbocycles. The number of rotatable bonds is 39. The summed E-state index contributed by atoms with van der Waals surface area (Å²) in [4.78, 5) is 46.0. The van der Waals surface area contributed by atoms with Gasteiger partial charge in [-0.1, -0.05) is 155 Å². The molecule has 0 rings (SSSR count). The Morgan fingerprint density at radius 2 is 1.13 bits per heavy atom. The highest BCUT2D eigenvalue weighted by molar-refractivity contribution is 7.47. The van der Waals surface area contributed by atoms with E-state index >= 15 is 0 Å². The highest BCUT2D eigenvalue weighted by Crippen LogP contribution is 2.43. The molecule has 0 saturated carbocycles. The van der Waals surface area contributed by atoms with Crippen LogP contribution in [-0.2, 0) is 37.5 Å². The molecule has 0 aliphatic carbocycles. The van der Waals surface area contributed by atoms with Crippen LogP contribution < -0.4 is 5.73 Å². The van der Waals surface area contributed by atoms with Crippen molar-refractivity contribution in [2.24, 2.45) is 5.73 Å². The molecule has 5 N–H and O–H groups in total. The number of carboxylic acid groups (broad SMARTS) is 1. The van der Waals surface area contributed by atoms with Gasteiger partial charge in [0.15, 0.2) is 6.10 Å². The van der Waals surface area contributed by atoms with E-state index in [1.54, 1.807) is 12.2 Å². The molecule has 0 saturated heterocycles. The van der Waals surface area contributed by atoms with Crippen LogP contribution in [0.2, 0.25) is 0 Å². The molecule has 12 nitrogen and oxygen atoms in total. The van der Waals surface area contributed by atoms with E-state index in [-0.39, 0.29) is 12.8 Å². The van der Waals surface area contributed by atoms with Gasteiger partial charge in [0.2, 0.25) is 0 Å². The molecule has 61 heavy (non-hydrogen) atoms. The number of esters is 2. The first-order valence-electron chi connectivity index (χ1n) is 22.0. The Kier molecular flexibility index (Phi) is 38.8. The minimum Gasteiger partial charge on any atom is -0.480 e. The summed E-state index contributed by atoms with van der Waals surface area (Å²) < 4.78 is 32.5. The Morgan fingerprint density at radius 3 is 1.72 bits per heavy atom. The largest absolute Gasteiger partial charge is 0.480 e. The molecule has 2 unspecified atom stereocenters. The van der Waals surface area contributed by atoms with Gasteiger partial charge >= 0.3 is 25.7 Å². The van der Waals surface area contributed by atoms with Gasteiger partial charge in [0.05, 0.1) is 19.3 Å². The predicted molar refractivity (Wildman–Crippen MR) is 246 cm³/mol. The second kappa shape index (κ2) is 41.5. The summed E-state index contributed by atoms with van der Waals surface area (Å²) in [5.74, 6) is -2.72. The quantitative estimate of drug-likeness (QED) is 0.0150. The van der Waals surface area contributed by atoms with Crippen LogP contribution in [-0.4, -0.2) is 71.1 Å². The minimum absolute atomic E-state index is 0.0100. The number of hydrogen-bond donors (Lipinski definition) is 4. The Bertz CT molecular complexity index is 1460. The van der Waals surface area contributed by atoms with Crippen LogP contribution in [0.5, 0.6) is 0 Å². The van der Waals surface area contributed by atoms with Gasteiger partial charge in [0, 0.05) is 12.8 Å². The van der Waals surface area contributed by atoms with Crippen LogP contribution in [0.4, 0.5) is 0 Å². The van der Waals surface area contributed by atoms with E-state index < -0.39 is 63.8 Å². The minimum atomic E-state index is -4.79. The van der Waals surface area contributed by atoms with Crippen LogP contribution >= 0.6 is 7.82 Å². The number of allylic oxidation sites excluding steroid dienone is 17. The van der Waals surface area contributed by atoms with E-state index in [4.69, 9.17) is 24.8 Å². The molecule has 344 valence electrons. The van der Waals surface area contributed by atoms with Crippen LogP contribution in [0.3, 0.4) is 0 Å². The molecule has 0 heterocycles. The zero-order valence-electron chi connectivity index (χ0n) is 36.8. The van der Waals surface area contributed by atoms with Crippen molar-refractivity contribution in [3.8, 4) is 0 Å². The van der Waals surface area contributed by atoms with Crippen molar-refractivity contribution in [1.29, 1.82) is 0 Å². The first-order valence-corrected chi connectivity index (χ1v) is 23.5. The predicted octanol–water partition coefficient (Wildman–Crippen LogP) is 10.8. The first kappa shape index (κ1) is 57.1. The summed E-state index contributed by atoms with van der Waals surface area (Å²) >= 11 is 0. The molecule has 0 aromatic rings. The number of unbranched alkanes of at least 4 members (excludes halogenated alkanes) is 6. The fourth-order valence-corrected chi connectivity index (χ4v) is 5.93. The zero-order valence-corrected chi connectivity index (χ0v) is 37.7. The molecule has 0 bridgehead atoms. The lowest BCUT2D eigenvalue weighted by molar-refractivity contribution is -0.161. The number of carbonyl (C=O) groups is 3. The number of carbonyl (C=O) groups excluding carboxylic acids is 2. The fraction of sp³-hybridized carbons (Fsp3) is 0.562. The number of phosphoric ester groups is 1. The molecule has 13 heteroatoms. The highest BCUT2D eigenvalue weighted by Gasteiger charge is 2.28. The Balaban J connectivity index is 4.68. The normalized spacial score (nSPS) is 15.2. The summed E-state index contributed by atoms with van der Waals surface area (Å²) in [5.41, 5.74) is 5.32. The summed E-state index contributed by atoms with van der Waals surface area (Å²) in [6, 6.07) is -1.56. The van der Waals surface area contributed by atoms with E-state index in [9.17, 15) is 28.9 Å². The molecule has 0 aliphatic rings. The van der Waals surface area contributed by atoms with Crippen LogP contribution in [0.25, 0.3) is 0 Å². The fourth-order valence-electron chi connectivity index (χ4n) is 5.16. The highest BCUT2D eigenvalue weighted by atomic mass is 31.2. The number of aliphatic carboxylic acids is 1. The third-order valence-electron chi connectivity index (χ3n) is 8.62. The van der Waals surface area contributed by atoms with E-state index in [0.717, 1.165) is 44.9 Å². The van der Waals surface area contributed by atoms with Gasteiger partial charge in [-0.3, -0.25) is 23.4 Å². The maximum Gasteiger partial charge on any atom is 0.472 e. The maximum atomic E-state index is 12.6. The third kappa shape index (κ3) is 41.2. The van der Waals surface area contributed by atoms with Gasteiger partial charge in [0.1, 0.15) is 12.6 Å². The van der Waals surface area contributed by atoms with Crippen LogP contribution in [0, 0.1) is 0 Å². The molecule has 0 radical (unpaired) electrons. The summed E-state index contributed by atoms with van der Waals surface area (Å²) in [5, 5.41) is 19.1. The van der Waals surface area contributed by atoms with Crippen molar-refractivity contribution in [2.75, 3.05) is 19.8 Å². The number of aliphatic hydroxyl groups is 1. The van der Waals surface area contributed by atoms with E-state index in [0.29, 0.717) is 25.7 Å². The van der Waals surface area contributed by atoms with Crippen molar-refractivity contribution in [2.45, 2.75) is 154 Å². The summed E-state index contributed by atoms with van der Waals surface area (Å²) in [7, 11) is -4.79. The lowest BCUT2D eigenvalue weighted by atomic mass is 10.1. The van der Waals surface area contributed by atoms with E-state index in [1.165, 1.54) is 38.5 Å². The molecule has 0 fully saturated rings. The summed E-state index contributed by atoms with van der Waals surface area (Å²) in [6.07, 6.45) is 50.6. The van der Waals surface area contributed by atoms with Gasteiger partial charge in [-0.2, -0.15) is 0 Å². The standard InChI is InChI=1S/C48H76NO11P/c1-3-5-7-9-11-13-15-17-18-19-20-21-22-24-26-28-30-32-34-38-47(52)60-44(41-58-61(55,56)59-42-45(49)48(53)54)40-57-46(51)39-35-37-43(50)36-33-31-29-27-25-23-16-14-12-10-8-6-4-2/h5,7,11,13,17-18,20-21,23-26,29-33,36,43-45,50H,3-4,6,8-10,12,14-16,19,22,27-28,34-35,37-42,49H2,1-2H3,(H,53,54)(H,55,56)/b7-5-,13-11-,18-17-,21-20-,25-23+,26-24-,31-29+,32-30-,36-33+/t43?,44-,45+/m1/s1. The Hall–Kier alpha value is -3.90. The maximum absolute atomic E-state index is 12.6. The number of ether oxygens (including phenoxy) is 2. The second-order valence-electron chi connectivity index (χ2n) is 14.3. The topological polar surface area (TPSA) is 192 Å². The molecular weight excluding hydrogens is 797 g/mol. The third-order valence-corrected chi connectivity index (χ3v) is 9.57. The Labute approximate surface area is 366 Å². The number of hydrogen-bond acceptors (Lipinski definition) is 10. The Morgan fingerprint density at radius 1 is 0.607 bits per heavy atom. The lowest BCUT2D eigenvalue weighted by Gasteiger charge is -2.20. The smallest absolute Gasteiger partial charge is 0.472 e. The van der Waals surface area contributed by atoms with Gasteiger partial charge in [-0.25, -0.2) is 4.57 Å². The monoisotopic (exact) mass is 874 g/mol. The molecule has 0 aliphatic heterocycles. The average Bonchev–Trinajstić information content (AvgIpc) is 3.23. The number of nitrogens with two attached hydrogens (primary N) is 1. The van der Waals surface area contributed by atoms with E-state index in [2.05, 4.69) is 85.2 Å². The van der Waals surface area contributed by atoms with Crippen molar-refractivity contribution in [3.05, 3.63) is 109 Å². The van der Waals surface area contributed by atoms with Gasteiger partial charge in [0.25, 0.3) is 0 Å². The number of phosphoric acid groups is 1. The number of carboxylic acids is 1. The van der Waals surface area contributed by atoms with Gasteiger partial charge < -0.3 is 30.3 Å². The first-order chi connectivity index (χ1) is 29.5. The van der Waals surface area contributed by atoms with Crippen molar-refractivity contribution < 1.29 is 52.6 Å². The van der Waals surface area contributed by atoms with Crippen LogP contribution in [0.15, 0.2) is 109 Å². The summed E-state index contributed by atoms with van der Waals surface area (Å²) in [6.45, 7) is 2.39. The van der Waals surface area contributed by atoms with Crippen LogP contribution in [0.1, 0.15) is 136 Å². The van der Waals surface area contributed by atoms with Gasteiger partial charge in [-0.05, 0) is 77.0 Å². The molecule has 0 aromatic heterocycles. The van der Waals surface area contributed by atoms with Gasteiger partial charge in [-0.15, -0.1) is 0 Å². The zero-order chi connectivity index (χ0) is 45.1. The molecule has 0 spiro atoms. The molecule has 0 amide bonds.